The Bertz CT molecular complexity index is 472. The molecule has 1 aromatic carbocycles. The van der Waals surface area contributed by atoms with Crippen molar-refractivity contribution in [3.05, 3.63) is 35.9 Å². The lowest BCUT2D eigenvalue weighted by Gasteiger charge is -2.21. The SMILES string of the molecule is CC(C(=O)N1CC(C)C(C(=O)O)C1)c1ccccc1. The summed E-state index contributed by atoms with van der Waals surface area (Å²) in [5, 5.41) is 9.10. The third-order valence-electron chi connectivity index (χ3n) is 3.91. The number of carbonyl (C=O) groups excluding carboxylic acids is 1. The van der Waals surface area contributed by atoms with Gasteiger partial charge in [0.1, 0.15) is 0 Å². The first-order valence-electron chi connectivity index (χ1n) is 6.57. The minimum absolute atomic E-state index is 0.0156. The Morgan fingerprint density at radius 1 is 1.26 bits per heavy atom. The van der Waals surface area contributed by atoms with Gasteiger partial charge in [-0.1, -0.05) is 37.3 Å². The molecule has 1 aromatic rings. The normalized spacial score (nSPS) is 24.2. The second-order valence-corrected chi connectivity index (χ2v) is 5.30. The lowest BCUT2D eigenvalue weighted by molar-refractivity contribution is -0.142. The Hall–Kier alpha value is -1.84. The minimum atomic E-state index is -0.810. The number of aliphatic carboxylic acids is 1. The second-order valence-electron chi connectivity index (χ2n) is 5.30. The Morgan fingerprint density at radius 2 is 1.89 bits per heavy atom. The van der Waals surface area contributed by atoms with Crippen LogP contribution in [0.1, 0.15) is 25.3 Å². The molecule has 1 aliphatic heterocycles. The van der Waals surface area contributed by atoms with Gasteiger partial charge in [0.15, 0.2) is 0 Å². The fourth-order valence-corrected chi connectivity index (χ4v) is 2.63. The zero-order chi connectivity index (χ0) is 14.0. The van der Waals surface area contributed by atoms with E-state index in [1.54, 1.807) is 4.90 Å². The highest BCUT2D eigenvalue weighted by atomic mass is 16.4. The van der Waals surface area contributed by atoms with Crippen LogP contribution in [-0.2, 0) is 9.59 Å². The topological polar surface area (TPSA) is 57.6 Å². The molecule has 19 heavy (non-hydrogen) atoms. The van der Waals surface area contributed by atoms with Crippen LogP contribution in [0.2, 0.25) is 0 Å². The van der Waals surface area contributed by atoms with Crippen molar-refractivity contribution in [3.63, 3.8) is 0 Å². The largest absolute Gasteiger partial charge is 0.481 e. The molecule has 1 saturated heterocycles. The van der Waals surface area contributed by atoms with Gasteiger partial charge in [-0.25, -0.2) is 0 Å². The summed E-state index contributed by atoms with van der Waals surface area (Å²) in [6.07, 6.45) is 0. The lowest BCUT2D eigenvalue weighted by atomic mass is 9.99. The Kier molecular flexibility index (Phi) is 3.88. The van der Waals surface area contributed by atoms with Gasteiger partial charge < -0.3 is 10.0 Å². The van der Waals surface area contributed by atoms with E-state index >= 15 is 0 Å². The fraction of sp³-hybridized carbons (Fsp3) is 0.467. The molecular formula is C15H19NO3. The van der Waals surface area contributed by atoms with Gasteiger partial charge >= 0.3 is 5.97 Å². The molecule has 1 amide bonds. The highest BCUT2D eigenvalue weighted by Gasteiger charge is 2.38. The summed E-state index contributed by atoms with van der Waals surface area (Å²) < 4.78 is 0. The molecule has 0 aromatic heterocycles. The first kappa shape index (κ1) is 13.6. The van der Waals surface area contributed by atoms with Gasteiger partial charge in [-0.3, -0.25) is 9.59 Å². The van der Waals surface area contributed by atoms with Gasteiger partial charge in [-0.2, -0.15) is 0 Å². The van der Waals surface area contributed by atoms with Crippen LogP contribution in [0.15, 0.2) is 30.3 Å². The zero-order valence-corrected chi connectivity index (χ0v) is 11.2. The number of rotatable bonds is 3. The second kappa shape index (κ2) is 5.43. The molecule has 3 atom stereocenters. The molecule has 2 rings (SSSR count). The number of hydrogen-bond donors (Lipinski definition) is 1. The first-order valence-corrected chi connectivity index (χ1v) is 6.57. The summed E-state index contributed by atoms with van der Waals surface area (Å²) in [5.41, 5.74) is 0.971. The van der Waals surface area contributed by atoms with Crippen LogP contribution in [0.3, 0.4) is 0 Å². The van der Waals surface area contributed by atoms with Gasteiger partial charge in [-0.15, -0.1) is 0 Å². The molecule has 0 saturated carbocycles. The zero-order valence-electron chi connectivity index (χ0n) is 11.2. The van der Waals surface area contributed by atoms with Crippen LogP contribution in [0.5, 0.6) is 0 Å². The fourth-order valence-electron chi connectivity index (χ4n) is 2.63. The minimum Gasteiger partial charge on any atom is -0.481 e. The van der Waals surface area contributed by atoms with Crippen LogP contribution < -0.4 is 0 Å². The Balaban J connectivity index is 2.07. The molecule has 1 heterocycles. The molecular weight excluding hydrogens is 242 g/mol. The standard InChI is InChI=1S/C15H19NO3/c1-10-8-16(9-13(10)15(18)19)14(17)11(2)12-6-4-3-5-7-12/h3-7,10-11,13H,8-9H2,1-2H3,(H,18,19). The van der Waals surface area contributed by atoms with Gasteiger partial charge in [0.05, 0.1) is 11.8 Å². The van der Waals surface area contributed by atoms with E-state index in [0.29, 0.717) is 13.1 Å². The summed E-state index contributed by atoms with van der Waals surface area (Å²) in [5.74, 6) is -1.44. The average molecular weight is 261 g/mol. The predicted octanol–water partition coefficient (Wildman–Crippen LogP) is 1.97. The van der Waals surface area contributed by atoms with Crippen LogP contribution in [-0.4, -0.2) is 35.0 Å². The van der Waals surface area contributed by atoms with Gasteiger partial charge in [0.2, 0.25) is 5.91 Å². The van der Waals surface area contributed by atoms with Crippen molar-refractivity contribution in [3.8, 4) is 0 Å². The van der Waals surface area contributed by atoms with Crippen LogP contribution in [0.25, 0.3) is 0 Å². The summed E-state index contributed by atoms with van der Waals surface area (Å²) in [6.45, 7) is 4.62. The Morgan fingerprint density at radius 3 is 2.42 bits per heavy atom. The van der Waals surface area contributed by atoms with E-state index in [-0.39, 0.29) is 17.7 Å². The maximum atomic E-state index is 12.4. The van der Waals surface area contributed by atoms with E-state index in [1.165, 1.54) is 0 Å². The third kappa shape index (κ3) is 2.78. The summed E-state index contributed by atoms with van der Waals surface area (Å²) in [6, 6.07) is 9.59. The van der Waals surface area contributed by atoms with Crippen molar-refractivity contribution < 1.29 is 14.7 Å². The molecule has 0 bridgehead atoms. The Labute approximate surface area is 113 Å². The number of hydrogen-bond acceptors (Lipinski definition) is 2. The van der Waals surface area contributed by atoms with E-state index < -0.39 is 11.9 Å². The van der Waals surface area contributed by atoms with Crippen LogP contribution in [0, 0.1) is 11.8 Å². The molecule has 102 valence electrons. The molecule has 3 unspecified atom stereocenters. The summed E-state index contributed by atoms with van der Waals surface area (Å²) >= 11 is 0. The number of carboxylic acids is 1. The molecule has 0 radical (unpaired) electrons. The average Bonchev–Trinajstić information content (AvgIpc) is 2.80. The molecule has 1 fully saturated rings. The summed E-state index contributed by atoms with van der Waals surface area (Å²) in [7, 11) is 0. The quantitative estimate of drug-likeness (QED) is 0.905. The number of carboxylic acid groups (broad SMARTS) is 1. The predicted molar refractivity (Wildman–Crippen MR) is 71.7 cm³/mol. The van der Waals surface area contributed by atoms with E-state index in [1.807, 2.05) is 44.2 Å². The molecule has 1 aliphatic rings. The van der Waals surface area contributed by atoms with Crippen molar-refractivity contribution in [2.75, 3.05) is 13.1 Å². The van der Waals surface area contributed by atoms with Crippen LogP contribution >= 0.6 is 0 Å². The van der Waals surface area contributed by atoms with E-state index in [4.69, 9.17) is 5.11 Å². The highest BCUT2D eigenvalue weighted by Crippen LogP contribution is 2.27. The van der Waals surface area contributed by atoms with E-state index in [0.717, 1.165) is 5.56 Å². The number of nitrogens with zero attached hydrogens (tertiary/aromatic N) is 1. The summed E-state index contributed by atoms with van der Waals surface area (Å²) in [4.78, 5) is 25.2. The lowest BCUT2D eigenvalue weighted by Crippen LogP contribution is -2.33. The first-order chi connectivity index (χ1) is 9.00. The number of carbonyl (C=O) groups is 2. The van der Waals surface area contributed by atoms with Crippen molar-refractivity contribution in [2.45, 2.75) is 19.8 Å². The van der Waals surface area contributed by atoms with Crippen molar-refractivity contribution >= 4 is 11.9 Å². The van der Waals surface area contributed by atoms with Gasteiger partial charge in [-0.05, 0) is 18.4 Å². The van der Waals surface area contributed by atoms with E-state index in [2.05, 4.69) is 0 Å². The van der Waals surface area contributed by atoms with Crippen molar-refractivity contribution in [2.24, 2.45) is 11.8 Å². The number of amides is 1. The molecule has 0 spiro atoms. The maximum absolute atomic E-state index is 12.4. The number of likely N-dealkylation sites (tertiary alicyclic amines) is 1. The smallest absolute Gasteiger partial charge is 0.308 e. The van der Waals surface area contributed by atoms with Gasteiger partial charge in [0, 0.05) is 13.1 Å². The molecule has 0 aliphatic carbocycles. The molecule has 4 nitrogen and oxygen atoms in total. The molecule has 1 N–H and O–H groups in total. The van der Waals surface area contributed by atoms with Crippen molar-refractivity contribution in [1.29, 1.82) is 0 Å². The van der Waals surface area contributed by atoms with E-state index in [9.17, 15) is 9.59 Å². The highest BCUT2D eigenvalue weighted by molar-refractivity contribution is 5.84. The molecule has 4 heteroatoms. The van der Waals surface area contributed by atoms with Crippen LogP contribution in [0.4, 0.5) is 0 Å². The number of benzene rings is 1. The van der Waals surface area contributed by atoms with Gasteiger partial charge in [0.25, 0.3) is 0 Å². The third-order valence-corrected chi connectivity index (χ3v) is 3.91. The van der Waals surface area contributed by atoms with Crippen molar-refractivity contribution in [1.82, 2.24) is 4.90 Å². The monoisotopic (exact) mass is 261 g/mol. The maximum Gasteiger partial charge on any atom is 0.308 e.